The van der Waals surface area contributed by atoms with Crippen LogP contribution < -0.4 is 16.8 Å². The van der Waals surface area contributed by atoms with Crippen LogP contribution in [-0.2, 0) is 0 Å². The van der Waals surface area contributed by atoms with Crippen LogP contribution in [0.2, 0.25) is 0 Å². The molecule has 17 heavy (non-hydrogen) atoms. The van der Waals surface area contributed by atoms with E-state index in [1.54, 1.807) is 0 Å². The van der Waals surface area contributed by atoms with Gasteiger partial charge in [0.05, 0.1) is 17.4 Å². The number of nitrogens with two attached hydrogens (primary N) is 2. The second kappa shape index (κ2) is 6.05. The number of nitrogens with one attached hydrogen (secondary N) is 1. The van der Waals surface area contributed by atoms with E-state index in [1.807, 2.05) is 6.92 Å². The van der Waals surface area contributed by atoms with Gasteiger partial charge in [0.15, 0.2) is 0 Å². The number of aliphatic hydroxyl groups excluding tert-OH is 1. The number of nitrogen functional groups attached to an aromatic ring is 1. The SMILES string of the molecule is CCC(CCO)Nc1ncc(N)cc1C(N)=O. The van der Waals surface area contributed by atoms with Crippen molar-refractivity contribution in [1.29, 1.82) is 0 Å². The van der Waals surface area contributed by atoms with Gasteiger partial charge >= 0.3 is 0 Å². The van der Waals surface area contributed by atoms with Crippen molar-refractivity contribution in [2.45, 2.75) is 25.8 Å². The van der Waals surface area contributed by atoms with Gasteiger partial charge in [0.1, 0.15) is 5.82 Å². The number of anilines is 2. The molecule has 0 fully saturated rings. The van der Waals surface area contributed by atoms with E-state index < -0.39 is 5.91 Å². The van der Waals surface area contributed by atoms with Gasteiger partial charge in [-0.05, 0) is 18.9 Å². The van der Waals surface area contributed by atoms with Crippen molar-refractivity contribution >= 4 is 17.4 Å². The van der Waals surface area contributed by atoms with Crippen LogP contribution in [0.1, 0.15) is 30.1 Å². The van der Waals surface area contributed by atoms with Crippen LogP contribution in [0, 0.1) is 0 Å². The fourth-order valence-corrected chi connectivity index (χ4v) is 1.51. The first kappa shape index (κ1) is 13.2. The maximum Gasteiger partial charge on any atom is 0.252 e. The molecule has 0 saturated heterocycles. The number of carbonyl (C=O) groups excluding carboxylic acids is 1. The molecule has 6 heteroatoms. The average Bonchev–Trinajstić information content (AvgIpc) is 2.30. The summed E-state index contributed by atoms with van der Waals surface area (Å²) in [5, 5.41) is 12.0. The van der Waals surface area contributed by atoms with E-state index in [4.69, 9.17) is 16.6 Å². The minimum Gasteiger partial charge on any atom is -0.397 e. The lowest BCUT2D eigenvalue weighted by Crippen LogP contribution is -2.24. The van der Waals surface area contributed by atoms with Crippen molar-refractivity contribution in [3.8, 4) is 0 Å². The van der Waals surface area contributed by atoms with Gasteiger partial charge in [0, 0.05) is 12.6 Å². The lowest BCUT2D eigenvalue weighted by atomic mass is 10.1. The number of pyridine rings is 1. The van der Waals surface area contributed by atoms with Crippen LogP contribution in [0.5, 0.6) is 0 Å². The van der Waals surface area contributed by atoms with Crippen molar-refractivity contribution < 1.29 is 9.90 Å². The summed E-state index contributed by atoms with van der Waals surface area (Å²) < 4.78 is 0. The van der Waals surface area contributed by atoms with E-state index in [0.29, 0.717) is 17.9 Å². The highest BCUT2D eigenvalue weighted by atomic mass is 16.3. The normalized spacial score (nSPS) is 12.1. The molecule has 1 aromatic rings. The van der Waals surface area contributed by atoms with Crippen LogP contribution in [0.25, 0.3) is 0 Å². The van der Waals surface area contributed by atoms with Gasteiger partial charge in [-0.25, -0.2) is 4.98 Å². The molecule has 1 rings (SSSR count). The minimum absolute atomic E-state index is 0.0502. The molecule has 0 bridgehead atoms. The summed E-state index contributed by atoms with van der Waals surface area (Å²) in [6.45, 7) is 2.06. The molecule has 1 aromatic heterocycles. The third-order valence-corrected chi connectivity index (χ3v) is 2.49. The van der Waals surface area contributed by atoms with Crippen molar-refractivity contribution in [2.24, 2.45) is 5.73 Å². The smallest absolute Gasteiger partial charge is 0.252 e. The van der Waals surface area contributed by atoms with Gasteiger partial charge in [-0.2, -0.15) is 0 Å². The van der Waals surface area contributed by atoms with Gasteiger partial charge in [-0.3, -0.25) is 4.79 Å². The molecule has 0 aliphatic carbocycles. The molecular weight excluding hydrogens is 220 g/mol. The van der Waals surface area contributed by atoms with E-state index in [1.165, 1.54) is 12.3 Å². The Labute approximate surface area is 100 Å². The highest BCUT2D eigenvalue weighted by Gasteiger charge is 2.13. The summed E-state index contributed by atoms with van der Waals surface area (Å²) in [7, 11) is 0. The number of rotatable bonds is 6. The maximum absolute atomic E-state index is 11.2. The Hall–Kier alpha value is -1.82. The van der Waals surface area contributed by atoms with Crippen molar-refractivity contribution in [3.05, 3.63) is 17.8 Å². The standard InChI is InChI=1S/C11H18N4O2/c1-2-8(3-4-16)15-11-9(10(13)17)5-7(12)6-14-11/h5-6,8,16H,2-4,12H2,1H3,(H2,13,17)(H,14,15). The third-order valence-electron chi connectivity index (χ3n) is 2.49. The summed E-state index contributed by atoms with van der Waals surface area (Å²) in [5.74, 6) is -0.168. The van der Waals surface area contributed by atoms with Crippen molar-refractivity contribution in [3.63, 3.8) is 0 Å². The quantitative estimate of drug-likeness (QED) is 0.570. The fraction of sp³-hybridized carbons (Fsp3) is 0.455. The number of primary amides is 1. The summed E-state index contributed by atoms with van der Waals surface area (Å²) in [6, 6.07) is 1.54. The van der Waals surface area contributed by atoms with Crippen LogP contribution in [0.3, 0.4) is 0 Å². The van der Waals surface area contributed by atoms with Crippen molar-refractivity contribution in [2.75, 3.05) is 17.7 Å². The molecule has 0 spiro atoms. The maximum atomic E-state index is 11.2. The van der Waals surface area contributed by atoms with Gasteiger partial charge in [0.25, 0.3) is 5.91 Å². The fourth-order valence-electron chi connectivity index (χ4n) is 1.51. The first-order valence-electron chi connectivity index (χ1n) is 5.51. The van der Waals surface area contributed by atoms with Gasteiger partial charge in [0.2, 0.25) is 0 Å². The number of aromatic nitrogens is 1. The Morgan fingerprint density at radius 2 is 2.35 bits per heavy atom. The summed E-state index contributed by atoms with van der Waals surface area (Å²) in [6.07, 6.45) is 2.85. The first-order valence-corrected chi connectivity index (χ1v) is 5.51. The molecule has 6 N–H and O–H groups in total. The van der Waals surface area contributed by atoms with Gasteiger partial charge in [-0.15, -0.1) is 0 Å². The molecule has 1 unspecified atom stereocenters. The molecule has 0 aromatic carbocycles. The van der Waals surface area contributed by atoms with Crippen LogP contribution in [0.15, 0.2) is 12.3 Å². The minimum atomic E-state index is -0.578. The molecule has 94 valence electrons. The summed E-state index contributed by atoms with van der Waals surface area (Å²) in [5.41, 5.74) is 11.5. The lowest BCUT2D eigenvalue weighted by molar-refractivity contribution is 0.100. The van der Waals surface area contributed by atoms with Crippen molar-refractivity contribution in [1.82, 2.24) is 4.98 Å². The topological polar surface area (TPSA) is 114 Å². The molecule has 1 amide bonds. The first-order chi connectivity index (χ1) is 8.08. The second-order valence-electron chi connectivity index (χ2n) is 3.79. The largest absolute Gasteiger partial charge is 0.397 e. The Kier molecular flexibility index (Phi) is 4.71. The van der Waals surface area contributed by atoms with E-state index >= 15 is 0 Å². The highest BCUT2D eigenvalue weighted by Crippen LogP contribution is 2.17. The lowest BCUT2D eigenvalue weighted by Gasteiger charge is -2.18. The number of carbonyl (C=O) groups is 1. The number of aliphatic hydroxyl groups is 1. The predicted octanol–water partition coefficient (Wildman–Crippen LogP) is 0.336. The van der Waals surface area contributed by atoms with Gasteiger partial charge < -0.3 is 21.9 Å². The van der Waals surface area contributed by atoms with E-state index in [0.717, 1.165) is 6.42 Å². The van der Waals surface area contributed by atoms with Crippen LogP contribution in [0.4, 0.5) is 11.5 Å². The highest BCUT2D eigenvalue weighted by molar-refractivity contribution is 5.98. The summed E-state index contributed by atoms with van der Waals surface area (Å²) in [4.78, 5) is 15.3. The van der Waals surface area contributed by atoms with Crippen LogP contribution in [-0.4, -0.2) is 28.6 Å². The number of nitrogens with zero attached hydrogens (tertiary/aromatic N) is 1. The second-order valence-corrected chi connectivity index (χ2v) is 3.79. The third kappa shape index (κ3) is 3.60. The zero-order valence-electron chi connectivity index (χ0n) is 9.81. The molecule has 1 heterocycles. The monoisotopic (exact) mass is 238 g/mol. The number of amides is 1. The zero-order chi connectivity index (χ0) is 12.8. The Balaban J connectivity index is 2.92. The predicted molar refractivity (Wildman–Crippen MR) is 66.6 cm³/mol. The zero-order valence-corrected chi connectivity index (χ0v) is 9.81. The molecule has 0 radical (unpaired) electrons. The molecule has 1 atom stereocenters. The summed E-state index contributed by atoms with van der Waals surface area (Å²) >= 11 is 0. The molecular formula is C11H18N4O2. The molecule has 6 nitrogen and oxygen atoms in total. The van der Waals surface area contributed by atoms with Crippen LogP contribution >= 0.6 is 0 Å². The van der Waals surface area contributed by atoms with E-state index in [-0.39, 0.29) is 18.2 Å². The van der Waals surface area contributed by atoms with E-state index in [2.05, 4.69) is 10.3 Å². The average molecular weight is 238 g/mol. The molecule has 0 aliphatic heterocycles. The Bertz CT molecular complexity index is 395. The molecule has 0 aliphatic rings. The number of hydrogen-bond donors (Lipinski definition) is 4. The van der Waals surface area contributed by atoms with Gasteiger partial charge in [-0.1, -0.05) is 6.92 Å². The van der Waals surface area contributed by atoms with E-state index in [9.17, 15) is 4.79 Å². The Morgan fingerprint density at radius 1 is 1.65 bits per heavy atom. The Morgan fingerprint density at radius 3 is 2.88 bits per heavy atom. The molecule has 0 saturated carbocycles. The number of hydrogen-bond acceptors (Lipinski definition) is 5.